The molecule has 0 fully saturated rings. The van der Waals surface area contributed by atoms with Crippen molar-refractivity contribution < 1.29 is 10.2 Å². The zero-order valence-electron chi connectivity index (χ0n) is 7.70. The highest BCUT2D eigenvalue weighted by molar-refractivity contribution is 9.09. The van der Waals surface area contributed by atoms with Gasteiger partial charge in [0, 0.05) is 18.4 Å². The SMILES string of the molecule is CC(O)CCN(C)CC(O)CBr. The lowest BCUT2D eigenvalue weighted by molar-refractivity contribution is 0.125. The summed E-state index contributed by atoms with van der Waals surface area (Å²) in [6, 6.07) is 0. The lowest BCUT2D eigenvalue weighted by Gasteiger charge is -2.19. The Balaban J connectivity index is 3.39. The summed E-state index contributed by atoms with van der Waals surface area (Å²) in [4.78, 5) is 2.01. The van der Waals surface area contributed by atoms with Crippen molar-refractivity contribution in [3.63, 3.8) is 0 Å². The summed E-state index contributed by atoms with van der Waals surface area (Å²) in [5, 5.41) is 18.8. The topological polar surface area (TPSA) is 43.7 Å². The van der Waals surface area contributed by atoms with Gasteiger partial charge in [0.2, 0.25) is 0 Å². The first-order chi connectivity index (χ1) is 5.56. The number of alkyl halides is 1. The average Bonchev–Trinajstić information content (AvgIpc) is 2.00. The zero-order valence-corrected chi connectivity index (χ0v) is 9.29. The average molecular weight is 240 g/mol. The largest absolute Gasteiger partial charge is 0.393 e. The fraction of sp³-hybridized carbons (Fsp3) is 1.00. The number of rotatable bonds is 6. The molecule has 4 heteroatoms. The maximum absolute atomic E-state index is 9.24. The summed E-state index contributed by atoms with van der Waals surface area (Å²) < 4.78 is 0. The highest BCUT2D eigenvalue weighted by Gasteiger charge is 2.06. The minimum atomic E-state index is -0.316. The van der Waals surface area contributed by atoms with Crippen LogP contribution >= 0.6 is 15.9 Å². The molecule has 0 saturated heterocycles. The molecule has 0 radical (unpaired) electrons. The molecular formula is C8H18BrNO2. The molecule has 0 aliphatic carbocycles. The quantitative estimate of drug-likeness (QED) is 0.662. The Morgan fingerprint density at radius 3 is 2.42 bits per heavy atom. The molecule has 12 heavy (non-hydrogen) atoms. The van der Waals surface area contributed by atoms with E-state index in [-0.39, 0.29) is 12.2 Å². The van der Waals surface area contributed by atoms with E-state index in [2.05, 4.69) is 15.9 Å². The number of aliphatic hydroxyl groups excluding tert-OH is 2. The monoisotopic (exact) mass is 239 g/mol. The van der Waals surface area contributed by atoms with Crippen LogP contribution in [0.4, 0.5) is 0 Å². The van der Waals surface area contributed by atoms with Crippen molar-refractivity contribution >= 4 is 15.9 Å². The number of hydrogen-bond donors (Lipinski definition) is 2. The Morgan fingerprint density at radius 1 is 1.42 bits per heavy atom. The minimum Gasteiger partial charge on any atom is -0.393 e. The highest BCUT2D eigenvalue weighted by atomic mass is 79.9. The van der Waals surface area contributed by atoms with Crippen LogP contribution in [0.5, 0.6) is 0 Å². The van der Waals surface area contributed by atoms with Gasteiger partial charge in [-0.3, -0.25) is 0 Å². The van der Waals surface area contributed by atoms with Crippen LogP contribution in [0.2, 0.25) is 0 Å². The van der Waals surface area contributed by atoms with E-state index in [1.807, 2.05) is 11.9 Å². The normalized spacial score (nSPS) is 16.5. The number of nitrogens with zero attached hydrogens (tertiary/aromatic N) is 1. The van der Waals surface area contributed by atoms with E-state index in [4.69, 9.17) is 5.11 Å². The molecule has 2 unspecified atom stereocenters. The van der Waals surface area contributed by atoms with Gasteiger partial charge in [-0.25, -0.2) is 0 Å². The van der Waals surface area contributed by atoms with Crippen molar-refractivity contribution in [1.29, 1.82) is 0 Å². The molecule has 0 rings (SSSR count). The fourth-order valence-corrected chi connectivity index (χ4v) is 1.11. The van der Waals surface area contributed by atoms with Crippen LogP contribution in [0.3, 0.4) is 0 Å². The van der Waals surface area contributed by atoms with Crippen LogP contribution < -0.4 is 0 Å². The first-order valence-corrected chi connectivity index (χ1v) is 5.29. The molecular weight excluding hydrogens is 222 g/mol. The van der Waals surface area contributed by atoms with Gasteiger partial charge in [-0.05, 0) is 20.4 Å². The summed E-state index contributed by atoms with van der Waals surface area (Å²) in [6.07, 6.45) is 0.184. The maximum atomic E-state index is 9.24. The van der Waals surface area contributed by atoms with Crippen LogP contribution in [0.1, 0.15) is 13.3 Å². The van der Waals surface area contributed by atoms with Gasteiger partial charge in [-0.15, -0.1) is 0 Å². The van der Waals surface area contributed by atoms with E-state index in [0.717, 1.165) is 13.0 Å². The highest BCUT2D eigenvalue weighted by Crippen LogP contribution is 1.97. The van der Waals surface area contributed by atoms with Gasteiger partial charge in [0.15, 0.2) is 0 Å². The van der Waals surface area contributed by atoms with Gasteiger partial charge < -0.3 is 15.1 Å². The van der Waals surface area contributed by atoms with E-state index < -0.39 is 0 Å². The lowest BCUT2D eigenvalue weighted by Crippen LogP contribution is -2.31. The molecule has 0 bridgehead atoms. The van der Waals surface area contributed by atoms with Gasteiger partial charge in [-0.2, -0.15) is 0 Å². The van der Waals surface area contributed by atoms with E-state index in [0.29, 0.717) is 11.9 Å². The third-order valence-electron chi connectivity index (χ3n) is 1.63. The summed E-state index contributed by atoms with van der Waals surface area (Å²) in [5.41, 5.74) is 0. The molecule has 0 saturated carbocycles. The molecule has 0 spiro atoms. The zero-order chi connectivity index (χ0) is 9.56. The maximum Gasteiger partial charge on any atom is 0.0763 e. The van der Waals surface area contributed by atoms with E-state index >= 15 is 0 Å². The molecule has 3 nitrogen and oxygen atoms in total. The number of aliphatic hydroxyl groups is 2. The molecule has 2 N–H and O–H groups in total. The standard InChI is InChI=1S/C8H18BrNO2/c1-7(11)3-4-10(2)6-8(12)5-9/h7-8,11-12H,3-6H2,1-2H3. The second-order valence-corrected chi connectivity index (χ2v) is 3.86. The summed E-state index contributed by atoms with van der Waals surface area (Å²) in [6.45, 7) is 3.24. The van der Waals surface area contributed by atoms with E-state index in [1.54, 1.807) is 6.92 Å². The van der Waals surface area contributed by atoms with Crippen LogP contribution in [-0.2, 0) is 0 Å². The molecule has 0 aromatic carbocycles. The van der Waals surface area contributed by atoms with Gasteiger partial charge >= 0.3 is 0 Å². The molecule has 2 atom stereocenters. The van der Waals surface area contributed by atoms with Crippen LogP contribution in [0.25, 0.3) is 0 Å². The van der Waals surface area contributed by atoms with E-state index in [9.17, 15) is 5.11 Å². The molecule has 0 heterocycles. The van der Waals surface area contributed by atoms with Crippen molar-refractivity contribution in [3.8, 4) is 0 Å². The van der Waals surface area contributed by atoms with Crippen LogP contribution in [0.15, 0.2) is 0 Å². The molecule has 74 valence electrons. The smallest absolute Gasteiger partial charge is 0.0763 e. The van der Waals surface area contributed by atoms with Crippen LogP contribution in [0, 0.1) is 0 Å². The summed E-state index contributed by atoms with van der Waals surface area (Å²) in [5.74, 6) is 0. The predicted molar refractivity (Wildman–Crippen MR) is 53.6 cm³/mol. The van der Waals surface area contributed by atoms with Crippen molar-refractivity contribution in [3.05, 3.63) is 0 Å². The lowest BCUT2D eigenvalue weighted by atomic mass is 10.2. The number of halogens is 1. The van der Waals surface area contributed by atoms with Gasteiger partial charge in [-0.1, -0.05) is 15.9 Å². The minimum absolute atomic E-state index is 0.256. The Labute approximate surface area is 82.5 Å². The fourth-order valence-electron chi connectivity index (χ4n) is 0.907. The molecule has 0 amide bonds. The summed E-state index contributed by atoms with van der Waals surface area (Å²) >= 11 is 3.20. The van der Waals surface area contributed by atoms with Crippen molar-refractivity contribution in [2.45, 2.75) is 25.6 Å². The van der Waals surface area contributed by atoms with Crippen LogP contribution in [-0.4, -0.2) is 52.8 Å². The number of hydrogen-bond acceptors (Lipinski definition) is 3. The van der Waals surface area contributed by atoms with E-state index in [1.165, 1.54) is 0 Å². The van der Waals surface area contributed by atoms with Crippen molar-refractivity contribution in [2.24, 2.45) is 0 Å². The Kier molecular flexibility index (Phi) is 7.04. The molecule has 0 aromatic heterocycles. The second-order valence-electron chi connectivity index (χ2n) is 3.21. The Hall–Kier alpha value is 0.360. The number of likely N-dealkylation sites (N-methyl/N-ethyl adjacent to an activating group) is 1. The predicted octanol–water partition coefficient (Wildman–Crippen LogP) is 0.445. The van der Waals surface area contributed by atoms with Crippen molar-refractivity contribution in [2.75, 3.05) is 25.5 Å². The third kappa shape index (κ3) is 7.03. The Bertz CT molecular complexity index is 111. The second kappa shape index (κ2) is 6.83. The molecule has 0 aliphatic rings. The third-order valence-corrected chi connectivity index (χ3v) is 2.38. The van der Waals surface area contributed by atoms with Crippen molar-refractivity contribution in [1.82, 2.24) is 4.90 Å². The molecule has 0 aromatic rings. The Morgan fingerprint density at radius 2 is 2.00 bits per heavy atom. The first-order valence-electron chi connectivity index (χ1n) is 4.17. The van der Waals surface area contributed by atoms with Gasteiger partial charge in [0.25, 0.3) is 0 Å². The molecule has 0 aliphatic heterocycles. The first kappa shape index (κ1) is 12.4. The summed E-state index contributed by atoms with van der Waals surface area (Å²) in [7, 11) is 1.94. The van der Waals surface area contributed by atoms with Gasteiger partial charge in [0.1, 0.15) is 0 Å². The van der Waals surface area contributed by atoms with Gasteiger partial charge in [0.05, 0.1) is 12.2 Å².